The smallest absolute Gasteiger partial charge is 0.183 e. The Kier molecular flexibility index (Phi) is 4.33. The second kappa shape index (κ2) is 5.98. The van der Waals surface area contributed by atoms with Crippen LogP contribution in [0.25, 0.3) is 0 Å². The van der Waals surface area contributed by atoms with Gasteiger partial charge in [-0.3, -0.25) is 4.90 Å². The standard InChI is InChI=1S/C14H17F2N3/c1-10(19-6-2-3-7-19)9-18-12-5-4-11(8-17)13(15)14(12)16/h4-5,10,18H,2-3,6-7,9H2,1H3. The quantitative estimate of drug-likeness (QED) is 0.909. The predicted molar refractivity (Wildman–Crippen MR) is 69.8 cm³/mol. The van der Waals surface area contributed by atoms with E-state index in [1.807, 2.05) is 0 Å². The van der Waals surface area contributed by atoms with Gasteiger partial charge in [0, 0.05) is 12.6 Å². The SMILES string of the molecule is CC(CNc1ccc(C#N)c(F)c1F)N1CCCC1. The molecule has 1 aliphatic heterocycles. The molecule has 2 rings (SSSR count). The predicted octanol–water partition coefficient (Wildman–Crippen LogP) is 2.73. The lowest BCUT2D eigenvalue weighted by Gasteiger charge is -2.24. The fourth-order valence-electron chi connectivity index (χ4n) is 2.34. The number of benzene rings is 1. The van der Waals surface area contributed by atoms with Crippen LogP contribution in [-0.4, -0.2) is 30.6 Å². The summed E-state index contributed by atoms with van der Waals surface area (Å²) in [7, 11) is 0. The fraction of sp³-hybridized carbons (Fsp3) is 0.500. The van der Waals surface area contributed by atoms with Crippen LogP contribution in [0, 0.1) is 23.0 Å². The van der Waals surface area contributed by atoms with Gasteiger partial charge in [-0.15, -0.1) is 0 Å². The lowest BCUT2D eigenvalue weighted by molar-refractivity contribution is 0.269. The first-order valence-electron chi connectivity index (χ1n) is 6.49. The van der Waals surface area contributed by atoms with Crippen LogP contribution in [0.2, 0.25) is 0 Å². The maximum Gasteiger partial charge on any atom is 0.183 e. The van der Waals surface area contributed by atoms with Crippen LogP contribution in [0.3, 0.4) is 0 Å². The Hall–Kier alpha value is -1.67. The topological polar surface area (TPSA) is 39.1 Å². The zero-order valence-corrected chi connectivity index (χ0v) is 10.9. The zero-order chi connectivity index (χ0) is 13.8. The molecule has 1 aromatic carbocycles. The largest absolute Gasteiger partial charge is 0.381 e. The molecule has 19 heavy (non-hydrogen) atoms. The average molecular weight is 265 g/mol. The van der Waals surface area contributed by atoms with Gasteiger partial charge in [0.2, 0.25) is 0 Å². The van der Waals surface area contributed by atoms with Gasteiger partial charge in [0.1, 0.15) is 6.07 Å². The average Bonchev–Trinajstić information content (AvgIpc) is 2.94. The number of nitriles is 1. The van der Waals surface area contributed by atoms with Crippen LogP contribution in [-0.2, 0) is 0 Å². The van der Waals surface area contributed by atoms with Gasteiger partial charge in [-0.05, 0) is 45.0 Å². The van der Waals surface area contributed by atoms with E-state index in [2.05, 4.69) is 17.1 Å². The molecule has 0 radical (unpaired) electrons. The van der Waals surface area contributed by atoms with Crippen molar-refractivity contribution in [2.24, 2.45) is 0 Å². The highest BCUT2D eigenvalue weighted by Gasteiger charge is 2.19. The van der Waals surface area contributed by atoms with E-state index in [0.717, 1.165) is 13.1 Å². The zero-order valence-electron chi connectivity index (χ0n) is 10.9. The van der Waals surface area contributed by atoms with E-state index in [-0.39, 0.29) is 17.3 Å². The van der Waals surface area contributed by atoms with Gasteiger partial charge in [0.25, 0.3) is 0 Å². The molecule has 5 heteroatoms. The van der Waals surface area contributed by atoms with Crippen molar-refractivity contribution in [1.82, 2.24) is 4.90 Å². The van der Waals surface area contributed by atoms with E-state index in [0.29, 0.717) is 6.54 Å². The highest BCUT2D eigenvalue weighted by Crippen LogP contribution is 2.20. The van der Waals surface area contributed by atoms with Gasteiger partial charge >= 0.3 is 0 Å². The van der Waals surface area contributed by atoms with E-state index < -0.39 is 11.6 Å². The molecule has 1 saturated heterocycles. The normalized spacial score (nSPS) is 17.2. The molecule has 0 aromatic heterocycles. The van der Waals surface area contributed by atoms with E-state index in [4.69, 9.17) is 5.26 Å². The van der Waals surface area contributed by atoms with Crippen LogP contribution in [0.15, 0.2) is 12.1 Å². The van der Waals surface area contributed by atoms with Gasteiger partial charge in [-0.2, -0.15) is 5.26 Å². The second-order valence-electron chi connectivity index (χ2n) is 4.87. The van der Waals surface area contributed by atoms with Crippen LogP contribution in [0.4, 0.5) is 14.5 Å². The van der Waals surface area contributed by atoms with Crippen LogP contribution in [0.5, 0.6) is 0 Å². The van der Waals surface area contributed by atoms with Crippen molar-refractivity contribution in [3.8, 4) is 6.07 Å². The summed E-state index contributed by atoms with van der Waals surface area (Å²) in [6.07, 6.45) is 2.40. The minimum atomic E-state index is -1.08. The van der Waals surface area contributed by atoms with Gasteiger partial charge in [0.05, 0.1) is 11.3 Å². The minimum absolute atomic E-state index is 0.113. The Labute approximate surface area is 111 Å². The first-order valence-corrected chi connectivity index (χ1v) is 6.49. The summed E-state index contributed by atoms with van der Waals surface area (Å²) in [6, 6.07) is 4.60. The fourth-order valence-corrected chi connectivity index (χ4v) is 2.34. The number of hydrogen-bond acceptors (Lipinski definition) is 3. The maximum absolute atomic E-state index is 13.7. The molecule has 1 atom stereocenters. The molecule has 1 N–H and O–H groups in total. The summed E-state index contributed by atoms with van der Waals surface area (Å²) >= 11 is 0. The summed E-state index contributed by atoms with van der Waals surface area (Å²) in [5, 5.41) is 11.5. The lowest BCUT2D eigenvalue weighted by atomic mass is 10.2. The summed E-state index contributed by atoms with van der Waals surface area (Å²) < 4.78 is 27.1. The first-order chi connectivity index (χ1) is 9.13. The third kappa shape index (κ3) is 3.02. The van der Waals surface area contributed by atoms with Crippen molar-refractivity contribution in [2.45, 2.75) is 25.8 Å². The monoisotopic (exact) mass is 265 g/mol. The van der Waals surface area contributed by atoms with Crippen molar-refractivity contribution in [2.75, 3.05) is 25.0 Å². The number of likely N-dealkylation sites (tertiary alicyclic amines) is 1. The lowest BCUT2D eigenvalue weighted by Crippen LogP contribution is -2.35. The van der Waals surface area contributed by atoms with Crippen molar-refractivity contribution in [3.05, 3.63) is 29.3 Å². The summed E-state index contributed by atoms with van der Waals surface area (Å²) in [5.74, 6) is -2.06. The Balaban J connectivity index is 2.00. The maximum atomic E-state index is 13.7. The summed E-state index contributed by atoms with van der Waals surface area (Å²) in [4.78, 5) is 2.32. The molecule has 0 bridgehead atoms. The molecule has 0 spiro atoms. The summed E-state index contributed by atoms with van der Waals surface area (Å²) in [6.45, 7) is 4.75. The molecular weight excluding hydrogens is 248 g/mol. The van der Waals surface area contributed by atoms with Crippen molar-refractivity contribution < 1.29 is 8.78 Å². The van der Waals surface area contributed by atoms with Crippen LogP contribution < -0.4 is 5.32 Å². The molecule has 1 aliphatic rings. The van der Waals surface area contributed by atoms with Crippen molar-refractivity contribution >= 4 is 5.69 Å². The molecule has 0 aliphatic carbocycles. The van der Waals surface area contributed by atoms with E-state index >= 15 is 0 Å². The van der Waals surface area contributed by atoms with E-state index in [9.17, 15) is 8.78 Å². The molecule has 0 amide bonds. The Morgan fingerprint density at radius 3 is 2.63 bits per heavy atom. The number of nitrogens with zero attached hydrogens (tertiary/aromatic N) is 2. The highest BCUT2D eigenvalue weighted by atomic mass is 19.2. The molecule has 3 nitrogen and oxygen atoms in total. The minimum Gasteiger partial charge on any atom is -0.381 e. The van der Waals surface area contributed by atoms with Crippen molar-refractivity contribution in [3.63, 3.8) is 0 Å². The van der Waals surface area contributed by atoms with Crippen molar-refractivity contribution in [1.29, 1.82) is 5.26 Å². The molecule has 1 unspecified atom stereocenters. The van der Waals surface area contributed by atoms with Gasteiger partial charge in [-0.1, -0.05) is 0 Å². The third-order valence-electron chi connectivity index (χ3n) is 3.55. The van der Waals surface area contributed by atoms with Crippen LogP contribution >= 0.6 is 0 Å². The van der Waals surface area contributed by atoms with E-state index in [1.165, 1.54) is 25.0 Å². The molecule has 1 fully saturated rings. The number of halogens is 2. The first kappa shape index (κ1) is 13.8. The molecular formula is C14H17F2N3. The van der Waals surface area contributed by atoms with Gasteiger partial charge in [-0.25, -0.2) is 8.78 Å². The Morgan fingerprint density at radius 2 is 2.00 bits per heavy atom. The molecule has 0 saturated carbocycles. The molecule has 102 valence electrons. The van der Waals surface area contributed by atoms with E-state index in [1.54, 1.807) is 6.07 Å². The summed E-state index contributed by atoms with van der Waals surface area (Å²) in [5.41, 5.74) is -0.154. The third-order valence-corrected chi connectivity index (χ3v) is 3.55. The number of rotatable bonds is 4. The highest BCUT2D eigenvalue weighted by molar-refractivity contribution is 5.49. The number of anilines is 1. The van der Waals surface area contributed by atoms with Gasteiger partial charge in [0.15, 0.2) is 11.6 Å². The number of nitrogens with one attached hydrogen (secondary N) is 1. The Bertz CT molecular complexity index is 490. The van der Waals surface area contributed by atoms with Crippen LogP contribution in [0.1, 0.15) is 25.3 Å². The number of hydrogen-bond donors (Lipinski definition) is 1. The molecule has 1 aromatic rings. The second-order valence-corrected chi connectivity index (χ2v) is 4.87. The Morgan fingerprint density at radius 1 is 1.32 bits per heavy atom. The molecule has 1 heterocycles. The van der Waals surface area contributed by atoms with Gasteiger partial charge < -0.3 is 5.32 Å².